The molecule has 3 aromatic heterocycles. The van der Waals surface area contributed by atoms with E-state index in [4.69, 9.17) is 25.3 Å². The lowest BCUT2D eigenvalue weighted by Gasteiger charge is -2.33. The molecule has 0 bridgehead atoms. The number of methoxy groups -OCH3 is 1. The molecule has 248 valence electrons. The summed E-state index contributed by atoms with van der Waals surface area (Å²) >= 11 is 1.40. The van der Waals surface area contributed by atoms with Crippen molar-refractivity contribution in [3.63, 3.8) is 0 Å². The molecule has 0 saturated heterocycles. The number of ether oxygens (including phenoxy) is 2. The molecule has 0 fully saturated rings. The number of primary amides is 1. The van der Waals surface area contributed by atoms with Gasteiger partial charge >= 0.3 is 0 Å². The molecule has 1 aliphatic rings. The summed E-state index contributed by atoms with van der Waals surface area (Å²) in [6.07, 6.45) is 1.29. The van der Waals surface area contributed by atoms with Crippen LogP contribution < -0.4 is 15.8 Å². The average molecular weight is 673 g/mol. The van der Waals surface area contributed by atoms with Crippen LogP contribution in [0, 0.1) is 11.6 Å². The maximum Gasteiger partial charge on any atom is 0.246 e. The molecule has 2 amide bonds. The summed E-state index contributed by atoms with van der Waals surface area (Å²) in [6.45, 7) is 7.16. The Morgan fingerprint density at radius 3 is 2.73 bits per heavy atom. The van der Waals surface area contributed by atoms with E-state index < -0.39 is 17.5 Å². The summed E-state index contributed by atoms with van der Waals surface area (Å²) in [6, 6.07) is 13.2. The van der Waals surface area contributed by atoms with Crippen LogP contribution >= 0.6 is 11.3 Å². The van der Waals surface area contributed by atoms with Crippen LogP contribution in [-0.4, -0.2) is 64.9 Å². The van der Waals surface area contributed by atoms with Crippen LogP contribution in [0.3, 0.4) is 0 Å². The molecule has 0 saturated carbocycles. The number of pyridine rings is 1. The van der Waals surface area contributed by atoms with Gasteiger partial charge in [0.05, 0.1) is 42.7 Å². The number of hydrogen-bond donors (Lipinski definition) is 2. The first kappa shape index (κ1) is 32.9. The molecule has 0 spiro atoms. The topological polar surface area (TPSA) is 125 Å². The van der Waals surface area contributed by atoms with Gasteiger partial charge in [-0.1, -0.05) is 24.8 Å². The van der Waals surface area contributed by atoms with E-state index in [9.17, 15) is 14.0 Å². The highest BCUT2D eigenvalue weighted by Gasteiger charge is 2.31. The number of carbonyl (C=O) groups excluding carboxylic acids is 2. The van der Waals surface area contributed by atoms with E-state index in [0.717, 1.165) is 34.3 Å². The van der Waals surface area contributed by atoms with Crippen molar-refractivity contribution in [2.75, 3.05) is 33.4 Å². The second-order valence-corrected chi connectivity index (χ2v) is 12.2. The number of carbonyl (C=O) groups is 2. The number of nitrogens with two attached hydrogens (primary N) is 1. The number of benzene rings is 2. The Labute approximate surface area is 279 Å². The van der Waals surface area contributed by atoms with E-state index in [1.54, 1.807) is 4.90 Å². The minimum absolute atomic E-state index is 0.0117. The SMILES string of the molecule is C=CC(=O)N1CCn2nc(-c3nc(-c4cccc(CNCC(N)=O)c4)c4ccsc4c3-c3c(F)cc(F)cc3OCCOC)cc2[C@H]1C. The van der Waals surface area contributed by atoms with Gasteiger partial charge in [0.25, 0.3) is 0 Å². The van der Waals surface area contributed by atoms with Crippen molar-refractivity contribution >= 4 is 33.2 Å². The third kappa shape index (κ3) is 6.44. The standard InChI is InChI=1S/C35H34F2N6O4S/c1-4-30(45)42-9-10-43-27(20(42)2)17-26(41-43)34-32(31-25(37)15-23(36)16-28(31)47-12-11-46-3)35-24(8-13-48-35)33(40-34)22-7-5-6-21(14-22)18-39-19-29(38)44/h4-8,13-17,20,39H,1,9-12,18-19H2,2-3H3,(H2,38,44)/t20-/m1/s1. The number of hydrogen-bond acceptors (Lipinski definition) is 8. The van der Waals surface area contributed by atoms with Crippen LogP contribution in [-0.2, 0) is 27.4 Å². The molecule has 10 nitrogen and oxygen atoms in total. The molecule has 6 rings (SSSR count). The number of aromatic nitrogens is 3. The van der Waals surface area contributed by atoms with Gasteiger partial charge in [-0.05, 0) is 42.1 Å². The number of rotatable bonds is 12. The van der Waals surface area contributed by atoms with Crippen molar-refractivity contribution in [2.24, 2.45) is 5.73 Å². The lowest BCUT2D eigenvalue weighted by Crippen LogP contribution is -2.40. The second kappa shape index (κ2) is 14.0. The van der Waals surface area contributed by atoms with Crippen LogP contribution in [0.4, 0.5) is 8.78 Å². The normalized spacial score (nSPS) is 14.2. The van der Waals surface area contributed by atoms with Crippen molar-refractivity contribution in [2.45, 2.75) is 26.1 Å². The van der Waals surface area contributed by atoms with E-state index in [-0.39, 0.29) is 43.0 Å². The predicted molar refractivity (Wildman–Crippen MR) is 180 cm³/mol. The fourth-order valence-electron chi connectivity index (χ4n) is 6.00. The number of amides is 2. The van der Waals surface area contributed by atoms with Gasteiger partial charge in [0, 0.05) is 53.5 Å². The first-order chi connectivity index (χ1) is 23.2. The zero-order valence-electron chi connectivity index (χ0n) is 26.5. The molecule has 4 heterocycles. The highest BCUT2D eigenvalue weighted by Crippen LogP contribution is 2.47. The Morgan fingerprint density at radius 2 is 1.96 bits per heavy atom. The van der Waals surface area contributed by atoms with Crippen molar-refractivity contribution in [3.8, 4) is 39.5 Å². The highest BCUT2D eigenvalue weighted by atomic mass is 32.1. The number of thiophene rings is 1. The van der Waals surface area contributed by atoms with E-state index in [0.29, 0.717) is 47.0 Å². The first-order valence-corrected chi connectivity index (χ1v) is 16.2. The van der Waals surface area contributed by atoms with Gasteiger partial charge in [0.15, 0.2) is 0 Å². The number of halogens is 2. The number of nitrogens with zero attached hydrogens (tertiary/aromatic N) is 4. The molecule has 3 N–H and O–H groups in total. The largest absolute Gasteiger partial charge is 0.490 e. The minimum atomic E-state index is -0.810. The van der Waals surface area contributed by atoms with Crippen molar-refractivity contribution in [3.05, 3.63) is 89.5 Å². The van der Waals surface area contributed by atoms with Gasteiger partial charge < -0.3 is 25.4 Å². The molecule has 0 unspecified atom stereocenters. The Kier molecular flexibility index (Phi) is 9.62. The van der Waals surface area contributed by atoms with Gasteiger partial charge in [-0.2, -0.15) is 5.10 Å². The zero-order chi connectivity index (χ0) is 33.9. The Hall–Kier alpha value is -4.98. The lowest BCUT2D eigenvalue weighted by molar-refractivity contribution is -0.129. The van der Waals surface area contributed by atoms with Crippen LogP contribution in [0.25, 0.3) is 43.9 Å². The Morgan fingerprint density at radius 1 is 1.12 bits per heavy atom. The fraction of sp³-hybridized carbons (Fsp3) is 0.257. The maximum absolute atomic E-state index is 16.1. The zero-order valence-corrected chi connectivity index (χ0v) is 27.3. The van der Waals surface area contributed by atoms with Crippen LogP contribution in [0.1, 0.15) is 24.2 Å². The average Bonchev–Trinajstić information content (AvgIpc) is 3.73. The molecule has 0 radical (unpaired) electrons. The van der Waals surface area contributed by atoms with Crippen LogP contribution in [0.15, 0.2) is 66.6 Å². The first-order valence-electron chi connectivity index (χ1n) is 15.3. The van der Waals surface area contributed by atoms with Gasteiger partial charge in [-0.3, -0.25) is 14.3 Å². The molecule has 2 aromatic carbocycles. The molecule has 5 aromatic rings. The van der Waals surface area contributed by atoms with Crippen LogP contribution in [0.5, 0.6) is 5.75 Å². The molecule has 13 heteroatoms. The van der Waals surface area contributed by atoms with E-state index in [2.05, 4.69) is 11.9 Å². The molecule has 48 heavy (non-hydrogen) atoms. The smallest absolute Gasteiger partial charge is 0.246 e. The number of nitrogens with one attached hydrogen (secondary N) is 1. The highest BCUT2D eigenvalue weighted by molar-refractivity contribution is 7.18. The fourth-order valence-corrected chi connectivity index (χ4v) is 6.95. The second-order valence-electron chi connectivity index (χ2n) is 11.3. The summed E-state index contributed by atoms with van der Waals surface area (Å²) < 4.78 is 44.3. The van der Waals surface area contributed by atoms with E-state index in [1.807, 2.05) is 53.4 Å². The third-order valence-electron chi connectivity index (χ3n) is 8.21. The van der Waals surface area contributed by atoms with Crippen LogP contribution in [0.2, 0.25) is 0 Å². The van der Waals surface area contributed by atoms with Gasteiger partial charge in [-0.15, -0.1) is 11.3 Å². The summed E-state index contributed by atoms with van der Waals surface area (Å²) in [7, 11) is 1.51. The molecule has 0 aliphatic carbocycles. The molecular weight excluding hydrogens is 638 g/mol. The van der Waals surface area contributed by atoms with Crippen molar-refractivity contribution in [1.82, 2.24) is 25.0 Å². The van der Waals surface area contributed by atoms with E-state index in [1.165, 1.54) is 24.5 Å². The monoisotopic (exact) mass is 672 g/mol. The predicted octanol–water partition coefficient (Wildman–Crippen LogP) is 5.46. The van der Waals surface area contributed by atoms with Crippen molar-refractivity contribution in [1.29, 1.82) is 0 Å². The lowest BCUT2D eigenvalue weighted by atomic mass is 9.96. The molecular formula is C35H34F2N6O4S. The van der Waals surface area contributed by atoms with E-state index >= 15 is 4.39 Å². The van der Waals surface area contributed by atoms with Gasteiger partial charge in [0.2, 0.25) is 11.8 Å². The molecule has 1 aliphatic heterocycles. The summed E-state index contributed by atoms with van der Waals surface area (Å²) in [5.41, 5.74) is 9.71. The van der Waals surface area contributed by atoms with Crippen molar-refractivity contribution < 1.29 is 27.8 Å². The van der Waals surface area contributed by atoms with Gasteiger partial charge in [-0.25, -0.2) is 13.8 Å². The Balaban J connectivity index is 1.58. The number of fused-ring (bicyclic) bond motifs is 2. The minimum Gasteiger partial charge on any atom is -0.490 e. The quantitative estimate of drug-likeness (QED) is 0.133. The van der Waals surface area contributed by atoms with Gasteiger partial charge in [0.1, 0.15) is 35.4 Å². The maximum atomic E-state index is 16.1. The molecule has 1 atom stereocenters. The third-order valence-corrected chi connectivity index (χ3v) is 9.14. The summed E-state index contributed by atoms with van der Waals surface area (Å²) in [5, 5.41) is 10.6. The summed E-state index contributed by atoms with van der Waals surface area (Å²) in [5.74, 6) is -2.22. The Bertz CT molecular complexity index is 2030. The summed E-state index contributed by atoms with van der Waals surface area (Å²) in [4.78, 5) is 30.8.